The van der Waals surface area contributed by atoms with Gasteiger partial charge in [-0.3, -0.25) is 0 Å². The molecule has 2 aromatic rings. The summed E-state index contributed by atoms with van der Waals surface area (Å²) in [5.74, 6) is 0.612. The normalized spacial score (nSPS) is 22.6. The van der Waals surface area contributed by atoms with Crippen molar-refractivity contribution in [1.82, 2.24) is 5.32 Å². The van der Waals surface area contributed by atoms with Crippen molar-refractivity contribution in [2.24, 2.45) is 0 Å². The molecule has 0 aromatic heterocycles. The van der Waals surface area contributed by atoms with Crippen LogP contribution in [-0.4, -0.2) is 6.04 Å². The highest BCUT2D eigenvalue weighted by atomic mass is 35.5. The molecular weight excluding hydrogens is 278 g/mol. The monoisotopic (exact) mass is 299 g/mol. The lowest BCUT2D eigenvalue weighted by Crippen LogP contribution is -2.41. The molecule has 2 heteroatoms. The Morgan fingerprint density at radius 1 is 1.10 bits per heavy atom. The molecule has 0 unspecified atom stereocenters. The molecule has 1 saturated carbocycles. The quantitative estimate of drug-likeness (QED) is 0.813. The first-order chi connectivity index (χ1) is 10.1. The van der Waals surface area contributed by atoms with Crippen LogP contribution in [0.2, 0.25) is 5.02 Å². The van der Waals surface area contributed by atoms with Gasteiger partial charge in [-0.1, -0.05) is 59.6 Å². The van der Waals surface area contributed by atoms with E-state index in [1.54, 1.807) is 0 Å². The molecule has 0 saturated heterocycles. The molecule has 1 fully saturated rings. The molecule has 0 aliphatic heterocycles. The molecule has 0 spiro atoms. The van der Waals surface area contributed by atoms with Gasteiger partial charge in [-0.05, 0) is 49.8 Å². The zero-order valence-corrected chi connectivity index (χ0v) is 13.4. The van der Waals surface area contributed by atoms with Crippen LogP contribution in [0.5, 0.6) is 0 Å². The minimum Gasteiger partial charge on any atom is -0.307 e. The summed E-state index contributed by atoms with van der Waals surface area (Å²) in [6, 6.07) is 18.0. The van der Waals surface area contributed by atoms with Crippen molar-refractivity contribution >= 4 is 11.6 Å². The Morgan fingerprint density at radius 3 is 2.57 bits per heavy atom. The van der Waals surface area contributed by atoms with Crippen LogP contribution in [0.4, 0.5) is 0 Å². The topological polar surface area (TPSA) is 12.0 Å². The van der Waals surface area contributed by atoms with Gasteiger partial charge in [-0.2, -0.15) is 0 Å². The number of hydrogen-bond donors (Lipinski definition) is 1. The van der Waals surface area contributed by atoms with Gasteiger partial charge < -0.3 is 5.32 Å². The van der Waals surface area contributed by atoms with Crippen LogP contribution in [0.15, 0.2) is 48.5 Å². The summed E-state index contributed by atoms with van der Waals surface area (Å²) in [5.41, 5.74) is 4.00. The van der Waals surface area contributed by atoms with Crippen LogP contribution in [0.1, 0.15) is 48.4 Å². The fraction of sp³-hybridized carbons (Fsp3) is 0.368. The van der Waals surface area contributed by atoms with Gasteiger partial charge in [0.05, 0.1) is 0 Å². The lowest BCUT2D eigenvalue weighted by Gasteiger charge is -2.38. The Bertz CT molecular complexity index is 616. The number of halogens is 1. The third-order valence-corrected chi connectivity index (χ3v) is 4.86. The highest BCUT2D eigenvalue weighted by Gasteiger charge is 2.32. The summed E-state index contributed by atoms with van der Waals surface area (Å²) >= 11 is 6.28. The summed E-state index contributed by atoms with van der Waals surface area (Å²) < 4.78 is 0. The third-order valence-electron chi connectivity index (χ3n) is 4.51. The van der Waals surface area contributed by atoms with E-state index in [2.05, 4.69) is 55.6 Å². The summed E-state index contributed by atoms with van der Waals surface area (Å²) in [6.07, 6.45) is 2.36. The molecule has 0 amide bonds. The van der Waals surface area contributed by atoms with Crippen LogP contribution in [0.25, 0.3) is 0 Å². The van der Waals surface area contributed by atoms with E-state index >= 15 is 0 Å². The summed E-state index contributed by atoms with van der Waals surface area (Å²) in [4.78, 5) is 0. The Hall–Kier alpha value is -1.31. The molecular formula is C19H22ClN. The zero-order valence-electron chi connectivity index (χ0n) is 12.6. The van der Waals surface area contributed by atoms with Gasteiger partial charge >= 0.3 is 0 Å². The summed E-state index contributed by atoms with van der Waals surface area (Å²) in [5, 5.41) is 4.65. The Balaban J connectivity index is 1.56. The van der Waals surface area contributed by atoms with Crippen molar-refractivity contribution in [3.63, 3.8) is 0 Å². The smallest absolute Gasteiger partial charge is 0.0440 e. The highest BCUT2D eigenvalue weighted by molar-refractivity contribution is 6.31. The van der Waals surface area contributed by atoms with E-state index in [0.717, 1.165) is 5.02 Å². The van der Waals surface area contributed by atoms with E-state index in [0.29, 0.717) is 18.0 Å². The maximum atomic E-state index is 6.28. The third kappa shape index (κ3) is 3.30. The van der Waals surface area contributed by atoms with E-state index in [9.17, 15) is 0 Å². The Labute approximate surface area is 132 Å². The molecule has 0 heterocycles. The minimum absolute atomic E-state index is 0.405. The summed E-state index contributed by atoms with van der Waals surface area (Å²) in [7, 11) is 0. The molecule has 1 aliphatic carbocycles. The molecule has 1 aliphatic rings. The van der Waals surface area contributed by atoms with Crippen molar-refractivity contribution in [3.8, 4) is 0 Å². The van der Waals surface area contributed by atoms with Crippen LogP contribution in [-0.2, 0) is 0 Å². The summed E-state index contributed by atoms with van der Waals surface area (Å²) in [6.45, 7) is 4.39. The fourth-order valence-electron chi connectivity index (χ4n) is 3.20. The second-order valence-corrected chi connectivity index (χ2v) is 6.60. The molecule has 1 N–H and O–H groups in total. The van der Waals surface area contributed by atoms with Gasteiger partial charge in [0.2, 0.25) is 0 Å². The number of benzene rings is 2. The Morgan fingerprint density at radius 2 is 1.86 bits per heavy atom. The van der Waals surface area contributed by atoms with Crippen molar-refractivity contribution < 1.29 is 0 Å². The number of rotatable bonds is 4. The minimum atomic E-state index is 0.405. The number of nitrogens with one attached hydrogen (secondary N) is 1. The maximum Gasteiger partial charge on any atom is 0.0440 e. The molecule has 0 bridgehead atoms. The van der Waals surface area contributed by atoms with E-state index < -0.39 is 0 Å². The second-order valence-electron chi connectivity index (χ2n) is 6.19. The first-order valence-electron chi connectivity index (χ1n) is 7.70. The SMILES string of the molecule is Cc1cccc([C@@H](C)NC2CC(c3ccccc3Cl)C2)c1. The first-order valence-corrected chi connectivity index (χ1v) is 8.08. The van der Waals surface area contributed by atoms with Gasteiger partial charge in [0.15, 0.2) is 0 Å². The van der Waals surface area contributed by atoms with E-state index in [4.69, 9.17) is 11.6 Å². The molecule has 110 valence electrons. The van der Waals surface area contributed by atoms with Crippen LogP contribution < -0.4 is 5.32 Å². The second kappa shape index (κ2) is 6.21. The largest absolute Gasteiger partial charge is 0.307 e. The lowest BCUT2D eigenvalue weighted by atomic mass is 9.75. The number of aryl methyl sites for hydroxylation is 1. The van der Waals surface area contributed by atoms with Crippen molar-refractivity contribution in [3.05, 3.63) is 70.2 Å². The molecule has 0 radical (unpaired) electrons. The molecule has 3 rings (SSSR count). The van der Waals surface area contributed by atoms with Gasteiger partial charge in [0.25, 0.3) is 0 Å². The van der Waals surface area contributed by atoms with Gasteiger partial charge in [-0.15, -0.1) is 0 Å². The molecule has 1 atom stereocenters. The standard InChI is InChI=1S/C19H22ClN/c1-13-6-5-7-15(10-13)14(2)21-17-11-16(12-17)18-8-3-4-9-19(18)20/h3-10,14,16-17,21H,11-12H2,1-2H3/t14-,16?,17?/m1/s1. The fourth-order valence-corrected chi connectivity index (χ4v) is 3.49. The Kier molecular flexibility index (Phi) is 4.32. The average Bonchev–Trinajstić information content (AvgIpc) is 2.43. The number of hydrogen-bond acceptors (Lipinski definition) is 1. The molecule has 21 heavy (non-hydrogen) atoms. The highest BCUT2D eigenvalue weighted by Crippen LogP contribution is 2.40. The molecule has 1 nitrogen and oxygen atoms in total. The zero-order chi connectivity index (χ0) is 14.8. The predicted octanol–water partition coefficient (Wildman–Crippen LogP) is 5.25. The maximum absolute atomic E-state index is 6.28. The van der Waals surface area contributed by atoms with Crippen molar-refractivity contribution in [1.29, 1.82) is 0 Å². The average molecular weight is 300 g/mol. The van der Waals surface area contributed by atoms with Crippen LogP contribution in [0, 0.1) is 6.92 Å². The van der Waals surface area contributed by atoms with E-state index in [-0.39, 0.29) is 0 Å². The van der Waals surface area contributed by atoms with E-state index in [1.165, 1.54) is 29.5 Å². The van der Waals surface area contributed by atoms with Crippen LogP contribution >= 0.6 is 11.6 Å². The van der Waals surface area contributed by atoms with Crippen molar-refractivity contribution in [2.45, 2.75) is 44.7 Å². The van der Waals surface area contributed by atoms with Gasteiger partial charge in [0, 0.05) is 17.1 Å². The van der Waals surface area contributed by atoms with E-state index in [1.807, 2.05) is 12.1 Å². The predicted molar refractivity (Wildman–Crippen MR) is 89.9 cm³/mol. The van der Waals surface area contributed by atoms with Gasteiger partial charge in [-0.25, -0.2) is 0 Å². The van der Waals surface area contributed by atoms with Crippen LogP contribution in [0.3, 0.4) is 0 Å². The molecule has 2 aromatic carbocycles. The van der Waals surface area contributed by atoms with Crippen molar-refractivity contribution in [2.75, 3.05) is 0 Å². The lowest BCUT2D eigenvalue weighted by molar-refractivity contribution is 0.271. The first kappa shape index (κ1) is 14.6. The van der Waals surface area contributed by atoms with Gasteiger partial charge in [0.1, 0.15) is 0 Å².